The molecule has 0 radical (unpaired) electrons. The Kier molecular flexibility index (Phi) is 7.74. The molecule has 3 aromatic rings. The largest absolute Gasteiger partial charge is 0.339 e. The lowest BCUT2D eigenvalue weighted by Gasteiger charge is -2.21. The number of hydrogen-bond donors (Lipinski definition) is 1. The fourth-order valence-corrected chi connectivity index (χ4v) is 5.83. The van der Waals surface area contributed by atoms with Gasteiger partial charge in [0.25, 0.3) is 0 Å². The van der Waals surface area contributed by atoms with Crippen LogP contribution in [0.4, 0.5) is 5.69 Å². The summed E-state index contributed by atoms with van der Waals surface area (Å²) in [6.07, 6.45) is 5.13. The summed E-state index contributed by atoms with van der Waals surface area (Å²) in [6, 6.07) is 14.6. The van der Waals surface area contributed by atoms with E-state index >= 15 is 0 Å². The van der Waals surface area contributed by atoms with E-state index in [4.69, 9.17) is 4.52 Å². The summed E-state index contributed by atoms with van der Waals surface area (Å²) in [7, 11) is -3.59. The van der Waals surface area contributed by atoms with Gasteiger partial charge < -0.3 is 9.84 Å². The lowest BCUT2D eigenvalue weighted by molar-refractivity contribution is -0.116. The van der Waals surface area contributed by atoms with Crippen molar-refractivity contribution in [1.82, 2.24) is 14.4 Å². The summed E-state index contributed by atoms with van der Waals surface area (Å²) >= 11 is 0. The van der Waals surface area contributed by atoms with Crippen molar-refractivity contribution in [1.29, 1.82) is 0 Å². The summed E-state index contributed by atoms with van der Waals surface area (Å²) in [4.78, 5) is 17.1. The molecule has 0 bridgehead atoms. The number of rotatable bonds is 8. The summed E-state index contributed by atoms with van der Waals surface area (Å²) < 4.78 is 33.3. The van der Waals surface area contributed by atoms with Crippen molar-refractivity contribution in [3.05, 3.63) is 60.0 Å². The van der Waals surface area contributed by atoms with Gasteiger partial charge in [-0.25, -0.2) is 8.42 Å². The van der Waals surface area contributed by atoms with Crippen molar-refractivity contribution in [2.75, 3.05) is 18.4 Å². The maximum atomic E-state index is 13.2. The smallest absolute Gasteiger partial charge is 0.243 e. The standard InChI is InChI=1S/C25H30N4O4S/c1-19-14-15-21(18-22(19)34(31,32)29-16-7-2-3-8-17-29)26-23(30)12-9-13-24-27-25(28-33-24)20-10-5-4-6-11-20/h4-6,10-11,14-15,18H,2-3,7-9,12-13,16-17H2,1H3,(H,26,30). The first kappa shape index (κ1) is 24.1. The molecule has 2 heterocycles. The Morgan fingerprint density at radius 2 is 1.79 bits per heavy atom. The molecule has 4 rings (SSSR count). The fraction of sp³-hybridized carbons (Fsp3) is 0.400. The van der Waals surface area contributed by atoms with Crippen molar-refractivity contribution in [3.8, 4) is 11.4 Å². The lowest BCUT2D eigenvalue weighted by Crippen LogP contribution is -2.32. The molecular weight excluding hydrogens is 452 g/mol. The van der Waals surface area contributed by atoms with E-state index in [0.29, 0.717) is 48.9 Å². The minimum absolute atomic E-state index is 0.190. The summed E-state index contributed by atoms with van der Waals surface area (Å²) in [6.45, 7) is 2.87. The van der Waals surface area contributed by atoms with E-state index in [0.717, 1.165) is 31.2 Å². The molecule has 2 aromatic carbocycles. The average Bonchev–Trinajstić information content (AvgIpc) is 3.12. The molecular formula is C25H30N4O4S. The number of nitrogens with one attached hydrogen (secondary N) is 1. The van der Waals surface area contributed by atoms with Gasteiger partial charge in [-0.3, -0.25) is 4.79 Å². The van der Waals surface area contributed by atoms with Crippen LogP contribution in [0.3, 0.4) is 0 Å². The summed E-state index contributed by atoms with van der Waals surface area (Å²) in [5, 5.41) is 6.82. The van der Waals surface area contributed by atoms with E-state index in [1.54, 1.807) is 29.4 Å². The highest BCUT2D eigenvalue weighted by molar-refractivity contribution is 7.89. The van der Waals surface area contributed by atoms with E-state index in [1.807, 2.05) is 30.3 Å². The molecule has 9 heteroatoms. The van der Waals surface area contributed by atoms with Gasteiger partial charge in [-0.1, -0.05) is 54.4 Å². The molecule has 1 fully saturated rings. The number of anilines is 1. The lowest BCUT2D eigenvalue weighted by atomic mass is 10.2. The van der Waals surface area contributed by atoms with Crippen LogP contribution >= 0.6 is 0 Å². The topological polar surface area (TPSA) is 105 Å². The van der Waals surface area contributed by atoms with E-state index in [-0.39, 0.29) is 17.2 Å². The second-order valence-corrected chi connectivity index (χ2v) is 10.5. The van der Waals surface area contributed by atoms with E-state index < -0.39 is 10.0 Å². The molecule has 0 aliphatic carbocycles. The van der Waals surface area contributed by atoms with Gasteiger partial charge in [0, 0.05) is 37.2 Å². The summed E-state index contributed by atoms with van der Waals surface area (Å²) in [5.41, 5.74) is 2.03. The number of amides is 1. The molecule has 0 saturated carbocycles. The predicted octanol–water partition coefficient (Wildman–Crippen LogP) is 4.57. The minimum atomic E-state index is -3.59. The number of carbonyl (C=O) groups is 1. The molecule has 180 valence electrons. The van der Waals surface area contributed by atoms with Crippen LogP contribution in [0.15, 0.2) is 57.9 Å². The molecule has 1 aliphatic rings. The van der Waals surface area contributed by atoms with Gasteiger partial charge in [-0.05, 0) is 43.9 Å². The number of aromatic nitrogens is 2. The highest BCUT2D eigenvalue weighted by atomic mass is 32.2. The van der Waals surface area contributed by atoms with Crippen LogP contribution < -0.4 is 5.32 Å². The van der Waals surface area contributed by atoms with Crippen LogP contribution in [0.1, 0.15) is 50.0 Å². The molecule has 0 spiro atoms. The average molecular weight is 483 g/mol. The second kappa shape index (κ2) is 10.9. The maximum absolute atomic E-state index is 13.2. The third-order valence-electron chi connectivity index (χ3n) is 5.95. The molecule has 1 N–H and O–H groups in total. The third kappa shape index (κ3) is 5.90. The van der Waals surface area contributed by atoms with E-state index in [9.17, 15) is 13.2 Å². The predicted molar refractivity (Wildman–Crippen MR) is 130 cm³/mol. The zero-order valence-electron chi connectivity index (χ0n) is 19.4. The number of carbonyl (C=O) groups excluding carboxylic acids is 1. The first-order valence-corrected chi connectivity index (χ1v) is 13.2. The Morgan fingerprint density at radius 3 is 2.53 bits per heavy atom. The van der Waals surface area contributed by atoms with Crippen LogP contribution in [0.2, 0.25) is 0 Å². The Hall–Kier alpha value is -3.04. The van der Waals surface area contributed by atoms with Crippen molar-refractivity contribution in [3.63, 3.8) is 0 Å². The molecule has 1 saturated heterocycles. The number of nitrogens with zero attached hydrogens (tertiary/aromatic N) is 3. The Balaban J connectivity index is 1.34. The second-order valence-electron chi connectivity index (χ2n) is 8.58. The molecule has 1 aromatic heterocycles. The van der Waals surface area contributed by atoms with Gasteiger partial charge in [-0.2, -0.15) is 9.29 Å². The Bertz CT molecular complexity index is 1220. The maximum Gasteiger partial charge on any atom is 0.243 e. The number of sulfonamides is 1. The zero-order chi connectivity index (χ0) is 24.0. The molecule has 1 amide bonds. The van der Waals surface area contributed by atoms with E-state index in [2.05, 4.69) is 15.5 Å². The van der Waals surface area contributed by atoms with E-state index in [1.165, 1.54) is 0 Å². The highest BCUT2D eigenvalue weighted by Crippen LogP contribution is 2.26. The zero-order valence-corrected chi connectivity index (χ0v) is 20.2. The van der Waals surface area contributed by atoms with Crippen molar-refractivity contribution >= 4 is 21.6 Å². The van der Waals surface area contributed by atoms with Crippen LogP contribution in [-0.2, 0) is 21.2 Å². The number of aryl methyl sites for hydroxylation is 2. The SMILES string of the molecule is Cc1ccc(NC(=O)CCCc2nc(-c3ccccc3)no2)cc1S(=O)(=O)N1CCCCCC1. The van der Waals surface area contributed by atoms with Gasteiger partial charge in [-0.15, -0.1) is 0 Å². The Morgan fingerprint density at radius 1 is 1.06 bits per heavy atom. The van der Waals surface area contributed by atoms with Gasteiger partial charge in [0.15, 0.2) is 0 Å². The quantitative estimate of drug-likeness (QED) is 0.504. The first-order chi connectivity index (χ1) is 16.4. The van der Waals surface area contributed by atoms with Crippen molar-refractivity contribution in [2.24, 2.45) is 0 Å². The fourth-order valence-electron chi connectivity index (χ4n) is 4.06. The van der Waals surface area contributed by atoms with Crippen LogP contribution in [0, 0.1) is 6.92 Å². The number of benzene rings is 2. The van der Waals surface area contributed by atoms with Crippen LogP contribution in [0.5, 0.6) is 0 Å². The van der Waals surface area contributed by atoms with Gasteiger partial charge in [0.05, 0.1) is 4.90 Å². The molecule has 8 nitrogen and oxygen atoms in total. The third-order valence-corrected chi connectivity index (χ3v) is 7.99. The van der Waals surface area contributed by atoms with Crippen molar-refractivity contribution < 1.29 is 17.7 Å². The summed E-state index contributed by atoms with van der Waals surface area (Å²) in [5.74, 6) is 0.815. The molecule has 34 heavy (non-hydrogen) atoms. The monoisotopic (exact) mass is 482 g/mol. The number of hydrogen-bond acceptors (Lipinski definition) is 6. The van der Waals surface area contributed by atoms with Crippen molar-refractivity contribution in [2.45, 2.75) is 56.8 Å². The van der Waals surface area contributed by atoms with Crippen LogP contribution in [-0.4, -0.2) is 41.9 Å². The van der Waals surface area contributed by atoms with Crippen LogP contribution in [0.25, 0.3) is 11.4 Å². The molecule has 1 aliphatic heterocycles. The van der Waals surface area contributed by atoms with Gasteiger partial charge in [0.1, 0.15) is 0 Å². The molecule has 0 atom stereocenters. The first-order valence-electron chi connectivity index (χ1n) is 11.7. The van der Waals surface area contributed by atoms with Gasteiger partial charge in [0.2, 0.25) is 27.6 Å². The minimum Gasteiger partial charge on any atom is -0.339 e. The highest BCUT2D eigenvalue weighted by Gasteiger charge is 2.27. The van der Waals surface area contributed by atoms with Gasteiger partial charge >= 0.3 is 0 Å². The molecule has 0 unspecified atom stereocenters. The Labute approximate surface area is 200 Å². The normalized spacial score (nSPS) is 15.1.